The number of benzene rings is 3. The predicted molar refractivity (Wildman–Crippen MR) is 125 cm³/mol. The fourth-order valence-corrected chi connectivity index (χ4v) is 3.32. The Morgan fingerprint density at radius 2 is 1.44 bits per heavy atom. The molecule has 0 aliphatic rings. The topological polar surface area (TPSA) is 55.8 Å². The summed E-state index contributed by atoms with van der Waals surface area (Å²) in [4.78, 5) is 26.7. The van der Waals surface area contributed by atoms with Crippen molar-refractivity contribution < 1.29 is 19.1 Å². The molecule has 5 heteroatoms. The smallest absolute Gasteiger partial charge is 0.307 e. The second kappa shape index (κ2) is 12.3. The number of rotatable bonds is 11. The molecule has 3 aromatic carbocycles. The number of amides is 1. The summed E-state index contributed by atoms with van der Waals surface area (Å²) < 4.78 is 10.8. The molecule has 0 heterocycles. The van der Waals surface area contributed by atoms with Crippen molar-refractivity contribution in [2.24, 2.45) is 0 Å². The van der Waals surface area contributed by atoms with Crippen molar-refractivity contribution in [3.63, 3.8) is 0 Å². The van der Waals surface area contributed by atoms with Crippen LogP contribution in [0.25, 0.3) is 0 Å². The summed E-state index contributed by atoms with van der Waals surface area (Å²) in [5, 5.41) is 0. The van der Waals surface area contributed by atoms with Crippen LogP contribution in [0.1, 0.15) is 34.8 Å². The van der Waals surface area contributed by atoms with Gasteiger partial charge in [0.15, 0.2) is 0 Å². The molecule has 0 aliphatic heterocycles. The van der Waals surface area contributed by atoms with Crippen LogP contribution >= 0.6 is 0 Å². The van der Waals surface area contributed by atoms with Crippen LogP contribution in [0.3, 0.4) is 0 Å². The molecule has 0 saturated carbocycles. The van der Waals surface area contributed by atoms with Crippen molar-refractivity contribution in [1.29, 1.82) is 0 Å². The molecular formula is C27H29NO4. The first kappa shape index (κ1) is 23.1. The minimum atomic E-state index is -0.305. The molecule has 0 aromatic heterocycles. The van der Waals surface area contributed by atoms with Gasteiger partial charge in [-0.25, -0.2) is 0 Å². The maximum absolute atomic E-state index is 13.2. The molecule has 5 nitrogen and oxygen atoms in total. The Hall–Kier alpha value is -3.60. The maximum atomic E-state index is 13.2. The van der Waals surface area contributed by atoms with E-state index in [-0.39, 0.29) is 18.3 Å². The van der Waals surface area contributed by atoms with Gasteiger partial charge in [-0.2, -0.15) is 0 Å². The average Bonchev–Trinajstić information content (AvgIpc) is 2.83. The van der Waals surface area contributed by atoms with Crippen LogP contribution < -0.4 is 4.74 Å². The predicted octanol–water partition coefficient (Wildman–Crippen LogP) is 4.90. The summed E-state index contributed by atoms with van der Waals surface area (Å²) in [6.07, 6.45) is 0.979. The van der Waals surface area contributed by atoms with Crippen LogP contribution in [0.4, 0.5) is 0 Å². The first-order valence-corrected chi connectivity index (χ1v) is 10.9. The van der Waals surface area contributed by atoms with E-state index in [4.69, 9.17) is 9.47 Å². The van der Waals surface area contributed by atoms with Gasteiger partial charge in [0.05, 0.1) is 19.6 Å². The highest BCUT2D eigenvalue weighted by Gasteiger charge is 2.18. The zero-order valence-corrected chi connectivity index (χ0v) is 18.4. The van der Waals surface area contributed by atoms with Crippen LogP contribution in [-0.4, -0.2) is 36.5 Å². The highest BCUT2D eigenvalue weighted by Crippen LogP contribution is 2.16. The van der Waals surface area contributed by atoms with Gasteiger partial charge in [0, 0.05) is 25.1 Å². The first-order chi connectivity index (χ1) is 15.7. The molecule has 32 heavy (non-hydrogen) atoms. The van der Waals surface area contributed by atoms with Crippen molar-refractivity contribution in [1.82, 2.24) is 4.90 Å². The molecule has 0 N–H and O–H groups in total. The Morgan fingerprint density at radius 3 is 2.06 bits per heavy atom. The Labute approximate surface area is 189 Å². The largest absolute Gasteiger partial charge is 0.493 e. The quantitative estimate of drug-likeness (QED) is 0.405. The van der Waals surface area contributed by atoms with E-state index in [2.05, 4.69) is 12.1 Å². The Balaban J connectivity index is 1.61. The molecule has 3 rings (SSSR count). The zero-order valence-electron chi connectivity index (χ0n) is 18.4. The van der Waals surface area contributed by atoms with Crippen molar-refractivity contribution >= 4 is 11.9 Å². The average molecular weight is 432 g/mol. The van der Waals surface area contributed by atoms with E-state index in [1.165, 1.54) is 5.56 Å². The van der Waals surface area contributed by atoms with E-state index < -0.39 is 0 Å². The Kier molecular flexibility index (Phi) is 8.87. The number of hydrogen-bond donors (Lipinski definition) is 0. The van der Waals surface area contributed by atoms with Crippen LogP contribution in [0.15, 0.2) is 84.9 Å². The monoisotopic (exact) mass is 431 g/mol. The summed E-state index contributed by atoms with van der Waals surface area (Å²) in [5.74, 6) is 0.285. The number of carbonyl (C=O) groups excluding carboxylic acids is 2. The van der Waals surface area contributed by atoms with Crippen molar-refractivity contribution in [2.45, 2.75) is 26.3 Å². The molecule has 1 amide bonds. The second-order valence-corrected chi connectivity index (χ2v) is 7.38. The van der Waals surface area contributed by atoms with Gasteiger partial charge in [-0.3, -0.25) is 9.59 Å². The first-order valence-electron chi connectivity index (χ1n) is 10.9. The van der Waals surface area contributed by atoms with Crippen LogP contribution in [0, 0.1) is 0 Å². The lowest BCUT2D eigenvalue weighted by Gasteiger charge is -2.23. The molecule has 0 saturated heterocycles. The van der Waals surface area contributed by atoms with Crippen molar-refractivity contribution in [3.8, 4) is 5.75 Å². The van der Waals surface area contributed by atoms with Crippen LogP contribution in [0.2, 0.25) is 0 Å². The maximum Gasteiger partial charge on any atom is 0.307 e. The molecule has 3 aromatic rings. The molecule has 0 spiro atoms. The Morgan fingerprint density at radius 1 is 0.812 bits per heavy atom. The number of hydrogen-bond acceptors (Lipinski definition) is 4. The van der Waals surface area contributed by atoms with E-state index >= 15 is 0 Å². The van der Waals surface area contributed by atoms with E-state index in [1.54, 1.807) is 24.0 Å². The molecule has 0 bridgehead atoms. The van der Waals surface area contributed by atoms with Gasteiger partial charge in [0.1, 0.15) is 5.75 Å². The minimum Gasteiger partial charge on any atom is -0.493 e. The molecule has 166 valence electrons. The summed E-state index contributed by atoms with van der Waals surface area (Å²) in [5.41, 5.74) is 2.78. The third-order valence-electron chi connectivity index (χ3n) is 5.00. The van der Waals surface area contributed by atoms with E-state index in [9.17, 15) is 9.59 Å². The third-order valence-corrected chi connectivity index (χ3v) is 5.00. The van der Waals surface area contributed by atoms with Crippen LogP contribution in [0.5, 0.6) is 5.75 Å². The molecular weight excluding hydrogens is 402 g/mol. The van der Waals surface area contributed by atoms with E-state index in [1.807, 2.05) is 60.7 Å². The van der Waals surface area contributed by atoms with Gasteiger partial charge in [-0.15, -0.1) is 0 Å². The fraction of sp³-hybridized carbons (Fsp3) is 0.259. The van der Waals surface area contributed by atoms with Gasteiger partial charge in [0.25, 0.3) is 5.91 Å². The van der Waals surface area contributed by atoms with E-state index in [0.717, 1.165) is 17.7 Å². The third kappa shape index (κ3) is 7.27. The number of esters is 1. The molecule has 0 radical (unpaired) electrons. The molecule has 0 unspecified atom stereocenters. The normalized spacial score (nSPS) is 10.4. The highest BCUT2D eigenvalue weighted by atomic mass is 16.5. The molecule has 0 atom stereocenters. The standard InChI is InChI=1S/C27H29NO4/c1-2-31-26(29)17-19-28(21-23-11-7-4-8-12-23)27(30)24-13-15-25(16-14-24)32-20-18-22-9-5-3-6-10-22/h3-16H,2,17-21H2,1H3. The lowest BCUT2D eigenvalue weighted by atomic mass is 10.1. The molecule has 0 aliphatic carbocycles. The Bertz CT molecular complexity index is 972. The van der Waals surface area contributed by atoms with Gasteiger partial charge in [-0.05, 0) is 42.3 Å². The lowest BCUT2D eigenvalue weighted by Crippen LogP contribution is -2.32. The fourth-order valence-electron chi connectivity index (χ4n) is 3.32. The van der Waals surface area contributed by atoms with Crippen molar-refractivity contribution in [3.05, 3.63) is 102 Å². The minimum absolute atomic E-state index is 0.131. The number of nitrogens with zero attached hydrogens (tertiary/aromatic N) is 1. The van der Waals surface area contributed by atoms with Crippen LogP contribution in [-0.2, 0) is 22.5 Å². The summed E-state index contributed by atoms with van der Waals surface area (Å²) in [7, 11) is 0. The van der Waals surface area contributed by atoms with Gasteiger partial charge < -0.3 is 14.4 Å². The van der Waals surface area contributed by atoms with Crippen molar-refractivity contribution in [2.75, 3.05) is 19.8 Å². The lowest BCUT2D eigenvalue weighted by molar-refractivity contribution is -0.143. The summed E-state index contributed by atoms with van der Waals surface area (Å²) >= 11 is 0. The summed E-state index contributed by atoms with van der Waals surface area (Å²) in [6.45, 7) is 3.39. The van der Waals surface area contributed by atoms with E-state index in [0.29, 0.717) is 31.9 Å². The van der Waals surface area contributed by atoms with Gasteiger partial charge in [-0.1, -0.05) is 60.7 Å². The van der Waals surface area contributed by atoms with Gasteiger partial charge >= 0.3 is 5.97 Å². The van der Waals surface area contributed by atoms with Gasteiger partial charge in [0.2, 0.25) is 0 Å². The number of ether oxygens (including phenoxy) is 2. The highest BCUT2D eigenvalue weighted by molar-refractivity contribution is 5.94. The summed E-state index contributed by atoms with van der Waals surface area (Å²) in [6, 6.07) is 27.1. The number of carbonyl (C=O) groups is 2. The molecule has 0 fully saturated rings. The second-order valence-electron chi connectivity index (χ2n) is 7.38. The zero-order chi connectivity index (χ0) is 22.6. The SMILES string of the molecule is CCOC(=O)CCN(Cc1ccccc1)C(=O)c1ccc(OCCc2ccccc2)cc1.